The van der Waals surface area contributed by atoms with Gasteiger partial charge in [-0.1, -0.05) is 60.6 Å². The Labute approximate surface area is 406 Å². The molecule has 1 aromatic rings. The number of amides is 3. The smallest absolute Gasteiger partial charge is 0.326 e. The number of phenolic OH excluding ortho intramolecular Hbond substituents is 2. The van der Waals surface area contributed by atoms with Crippen molar-refractivity contribution in [3.8, 4) is 11.5 Å². The molecule has 4 aliphatic carbocycles. The van der Waals surface area contributed by atoms with Gasteiger partial charge in [0.05, 0.1) is 32.5 Å². The predicted molar refractivity (Wildman–Crippen MR) is 265 cm³/mol. The molecule has 0 spiro atoms. The molecule has 10 unspecified atom stereocenters. The molecule has 4 fully saturated rings. The number of aliphatic hydroxyl groups excluding tert-OH is 1. The summed E-state index contributed by atoms with van der Waals surface area (Å²) in [4.78, 5) is 52.1. The highest BCUT2D eigenvalue weighted by Crippen LogP contribution is 2.68. The Bertz CT molecular complexity index is 2000. The Morgan fingerprint density at radius 2 is 1.54 bits per heavy atom. The molecule has 4 saturated carbocycles. The van der Waals surface area contributed by atoms with Crippen molar-refractivity contribution in [1.29, 1.82) is 0 Å². The van der Waals surface area contributed by atoms with Gasteiger partial charge in [0, 0.05) is 79.5 Å². The van der Waals surface area contributed by atoms with E-state index in [0.29, 0.717) is 134 Å². The summed E-state index contributed by atoms with van der Waals surface area (Å²) >= 11 is 0. The molecule has 0 radical (unpaired) electrons. The van der Waals surface area contributed by atoms with E-state index in [1.165, 1.54) is 38.5 Å². The van der Waals surface area contributed by atoms with Crippen molar-refractivity contribution >= 4 is 36.8 Å². The van der Waals surface area contributed by atoms with Gasteiger partial charge in [-0.05, 0) is 124 Å². The van der Waals surface area contributed by atoms with Gasteiger partial charge >= 0.3 is 5.97 Å². The number of nitrogens with zero attached hydrogens (tertiary/aromatic N) is 1. The average Bonchev–Trinajstić information content (AvgIpc) is 3.65. The zero-order valence-electron chi connectivity index (χ0n) is 42.7. The van der Waals surface area contributed by atoms with Gasteiger partial charge in [-0.25, -0.2) is 4.79 Å². The van der Waals surface area contributed by atoms with Crippen LogP contribution in [0.5, 0.6) is 11.5 Å². The third kappa shape index (κ3) is 13.2. The van der Waals surface area contributed by atoms with E-state index in [1.807, 2.05) is 13.8 Å². The fourth-order valence-electron chi connectivity index (χ4n) is 13.5. The summed E-state index contributed by atoms with van der Waals surface area (Å²) in [6.45, 7) is 23.8. The quantitative estimate of drug-likeness (QED) is 0.0446. The molecule has 7 N–H and O–H groups in total. The van der Waals surface area contributed by atoms with Gasteiger partial charge in [0.25, 0.3) is 0 Å². The number of benzene rings is 1. The van der Waals surface area contributed by atoms with Gasteiger partial charge in [0.2, 0.25) is 17.7 Å². The molecule has 10 atom stereocenters. The van der Waals surface area contributed by atoms with E-state index < -0.39 is 17.4 Å². The van der Waals surface area contributed by atoms with Crippen molar-refractivity contribution in [2.24, 2.45) is 46.3 Å². The predicted octanol–water partition coefficient (Wildman–Crippen LogP) is 5.66. The van der Waals surface area contributed by atoms with Gasteiger partial charge in [0.15, 0.2) is 0 Å². The van der Waals surface area contributed by atoms with Crippen LogP contribution in [0.25, 0.3) is 13.2 Å². The van der Waals surface area contributed by atoms with Crippen LogP contribution in [0, 0.1) is 53.3 Å². The summed E-state index contributed by atoms with van der Waals surface area (Å²) in [5.41, 5.74) is 0.633. The van der Waals surface area contributed by atoms with E-state index >= 15 is 0 Å². The third-order valence-corrected chi connectivity index (χ3v) is 17.6. The molecule has 0 bridgehead atoms. The summed E-state index contributed by atoms with van der Waals surface area (Å²) in [6.07, 6.45) is 13.4. The van der Waals surface area contributed by atoms with Crippen LogP contribution in [0.3, 0.4) is 0 Å². The first kappa shape index (κ1) is 55.2. The van der Waals surface area contributed by atoms with Crippen LogP contribution in [-0.4, -0.2) is 121 Å². The van der Waals surface area contributed by atoms with Crippen molar-refractivity contribution in [3.05, 3.63) is 21.6 Å². The number of carbonyl (C=O) groups excluding carboxylic acids is 3. The first-order chi connectivity index (χ1) is 32.1. The minimum absolute atomic E-state index is 0.0244. The summed E-state index contributed by atoms with van der Waals surface area (Å²) in [5, 5.41) is 52.2. The molecule has 5 rings (SSSR count). The Morgan fingerprint density at radius 1 is 0.838 bits per heavy atom. The van der Waals surface area contributed by atoms with Crippen LogP contribution in [0.1, 0.15) is 148 Å². The number of ether oxygens (including phenoxy) is 2. The second kappa shape index (κ2) is 24.4. The maximum atomic E-state index is 13.1. The first-order valence-electron chi connectivity index (χ1n) is 25.9. The largest absolute Gasteiger partial charge is 0.507 e. The van der Waals surface area contributed by atoms with E-state index in [4.69, 9.17) is 9.47 Å². The number of carboxylic acid groups (broad SMARTS) is 1. The third-order valence-electron chi connectivity index (χ3n) is 17.6. The maximum absolute atomic E-state index is 13.1. The fourth-order valence-corrected chi connectivity index (χ4v) is 13.5. The van der Waals surface area contributed by atoms with Crippen molar-refractivity contribution in [1.82, 2.24) is 20.9 Å². The number of nitrogens with one attached hydrogen (secondary N) is 3. The van der Waals surface area contributed by atoms with Crippen molar-refractivity contribution in [2.45, 2.75) is 162 Å². The Morgan fingerprint density at radius 3 is 2.26 bits per heavy atom. The SMILES string of the molecule is C=c1c(C)c(O)c(=C)c(C(C)(C)CC(=O)N(C)CCNCCOCCOCCC(=O)NCCCCC(NC(=O)CCC(C)C2CCC3C4C(O)CC5CCCCC5(C)C4CCC23C)C(=O)O)c1O. The monoisotopic (exact) mass is 953 g/mol. The average molecular weight is 953 g/mol. The zero-order chi connectivity index (χ0) is 50.0. The summed E-state index contributed by atoms with van der Waals surface area (Å²) in [5.74, 6) is 1.44. The number of carboxylic acids is 1. The Hall–Kier alpha value is -3.72. The summed E-state index contributed by atoms with van der Waals surface area (Å²) in [7, 11) is 1.72. The van der Waals surface area contributed by atoms with Crippen LogP contribution < -0.4 is 26.4 Å². The van der Waals surface area contributed by atoms with Crippen LogP contribution in [0.4, 0.5) is 0 Å². The van der Waals surface area contributed by atoms with Crippen molar-refractivity contribution in [2.75, 3.05) is 59.7 Å². The summed E-state index contributed by atoms with van der Waals surface area (Å²) in [6, 6.07) is -0.965. The number of unbranched alkanes of at least 4 members (excludes halogenated alkanes) is 1. The van der Waals surface area contributed by atoms with Gasteiger partial charge < -0.3 is 50.8 Å². The van der Waals surface area contributed by atoms with E-state index in [9.17, 15) is 39.6 Å². The molecule has 4 aliphatic rings. The lowest BCUT2D eigenvalue weighted by Crippen LogP contribution is -2.57. The second-order valence-corrected chi connectivity index (χ2v) is 22.3. The Balaban J connectivity index is 0.866. The van der Waals surface area contributed by atoms with Gasteiger partial charge in [0.1, 0.15) is 17.5 Å². The number of hydrogen-bond donors (Lipinski definition) is 7. The minimum atomic E-state index is -1.05. The van der Waals surface area contributed by atoms with Gasteiger partial charge in [-0.3, -0.25) is 14.4 Å². The number of aliphatic hydroxyl groups is 1. The van der Waals surface area contributed by atoms with Crippen molar-refractivity contribution in [3.63, 3.8) is 0 Å². The van der Waals surface area contributed by atoms with E-state index in [0.717, 1.165) is 25.7 Å². The summed E-state index contributed by atoms with van der Waals surface area (Å²) < 4.78 is 11.2. The van der Waals surface area contributed by atoms with Crippen LogP contribution in [0.2, 0.25) is 0 Å². The Kier molecular flexibility index (Phi) is 19.8. The molecule has 68 heavy (non-hydrogen) atoms. The molecular formula is C54H88N4O10. The van der Waals surface area contributed by atoms with Gasteiger partial charge in [-0.2, -0.15) is 0 Å². The second-order valence-electron chi connectivity index (χ2n) is 22.3. The highest BCUT2D eigenvalue weighted by molar-refractivity contribution is 5.83. The highest BCUT2D eigenvalue weighted by Gasteiger charge is 2.62. The molecule has 0 heterocycles. The van der Waals surface area contributed by atoms with Crippen LogP contribution in [0.15, 0.2) is 0 Å². The number of aliphatic carboxylic acids is 1. The standard InChI is InChI=1S/C54H88N4O10/c1-34(39-17-18-40-47-41(20-23-54(39,40)8)53(7)22-12-10-14-38(53)32-43(47)59)16-19-45(61)57-42(51(65)66)15-11-13-24-56-44(60)21-28-67-30-31-68-29-26-55-25-27-58(9)46(62)33-52(5,6)48-37(4)49(63)35(2)36(3)50(48)64/h34,38-43,47,55,59,63-64H,3-4,10-33H2,1-2,5-9H3,(H,56,60)(H,57,61)(H,65,66). The normalized spacial score (nSPS) is 27.6. The molecule has 1 aromatic carbocycles. The molecule has 0 saturated heterocycles. The lowest BCUT2D eigenvalue weighted by Gasteiger charge is -2.62. The molecule has 384 valence electrons. The van der Waals surface area contributed by atoms with E-state index in [1.54, 1.807) is 18.9 Å². The first-order valence-corrected chi connectivity index (χ1v) is 25.9. The zero-order valence-corrected chi connectivity index (χ0v) is 42.7. The minimum Gasteiger partial charge on any atom is -0.507 e. The van der Waals surface area contributed by atoms with Crippen LogP contribution >= 0.6 is 0 Å². The molecule has 0 aliphatic heterocycles. The number of likely N-dealkylation sites (N-methyl/N-ethyl adjacent to an activating group) is 1. The van der Waals surface area contributed by atoms with E-state index in [2.05, 4.69) is 49.9 Å². The molecule has 0 aromatic heterocycles. The molecule has 14 heteroatoms. The van der Waals surface area contributed by atoms with Gasteiger partial charge in [-0.15, -0.1) is 0 Å². The number of hydrogen-bond acceptors (Lipinski definition) is 10. The fraction of sp³-hybridized carbons (Fsp3) is 0.778. The lowest BCUT2D eigenvalue weighted by molar-refractivity contribution is -0.164. The lowest BCUT2D eigenvalue weighted by atomic mass is 9.44. The highest BCUT2D eigenvalue weighted by atomic mass is 16.5. The molecule has 14 nitrogen and oxygen atoms in total. The van der Waals surface area contributed by atoms with E-state index in [-0.39, 0.29) is 60.2 Å². The number of rotatable bonds is 26. The van der Waals surface area contributed by atoms with Crippen molar-refractivity contribution < 1.29 is 49.1 Å². The number of aromatic hydroxyl groups is 2. The topological polar surface area (TPSA) is 207 Å². The maximum Gasteiger partial charge on any atom is 0.326 e. The number of carbonyl (C=O) groups is 4. The molecular weight excluding hydrogens is 865 g/mol. The molecule has 3 amide bonds. The number of phenols is 2. The van der Waals surface area contributed by atoms with Crippen LogP contribution in [-0.2, 0) is 34.1 Å². The number of fused-ring (bicyclic) bond motifs is 5.